The first kappa shape index (κ1) is 29.2. The highest BCUT2D eigenvalue weighted by Crippen LogP contribution is 2.37. The first-order valence-corrected chi connectivity index (χ1v) is 15.5. The first-order valence-electron chi connectivity index (χ1n) is 15.5. The van der Waals surface area contributed by atoms with Gasteiger partial charge in [-0.1, -0.05) is 36.8 Å². The van der Waals surface area contributed by atoms with Crippen molar-refractivity contribution in [3.63, 3.8) is 0 Å². The number of nitrogens with zero attached hydrogens (tertiary/aromatic N) is 4. The van der Waals surface area contributed by atoms with Gasteiger partial charge in [0.05, 0.1) is 23.8 Å². The Bertz CT molecular complexity index is 1650. The van der Waals surface area contributed by atoms with Crippen LogP contribution in [0.2, 0.25) is 0 Å². The van der Waals surface area contributed by atoms with E-state index in [1.807, 2.05) is 17.5 Å². The van der Waals surface area contributed by atoms with Crippen molar-refractivity contribution in [2.45, 2.75) is 78.4 Å². The van der Waals surface area contributed by atoms with Crippen LogP contribution in [0.15, 0.2) is 48.5 Å². The Morgan fingerprint density at radius 2 is 1.84 bits per heavy atom. The van der Waals surface area contributed by atoms with Crippen molar-refractivity contribution < 1.29 is 19.4 Å². The second-order valence-corrected chi connectivity index (χ2v) is 12.7. The number of fused-ring (bicyclic) bond motifs is 8. The molecule has 1 saturated heterocycles. The molecule has 1 fully saturated rings. The molecule has 43 heavy (non-hydrogen) atoms. The third-order valence-corrected chi connectivity index (χ3v) is 9.30. The smallest absolute Gasteiger partial charge is 0.308 e. The zero-order chi connectivity index (χ0) is 30.3. The lowest BCUT2D eigenvalue weighted by molar-refractivity contribution is -0.136. The maximum atomic E-state index is 12.0. The van der Waals surface area contributed by atoms with Crippen LogP contribution < -0.4 is 9.64 Å². The van der Waals surface area contributed by atoms with Crippen molar-refractivity contribution in [3.05, 3.63) is 65.4 Å². The van der Waals surface area contributed by atoms with E-state index in [1.54, 1.807) is 0 Å². The van der Waals surface area contributed by atoms with E-state index < -0.39 is 5.97 Å². The van der Waals surface area contributed by atoms with E-state index in [2.05, 4.69) is 75.1 Å². The van der Waals surface area contributed by atoms with Gasteiger partial charge in [0.2, 0.25) is 0 Å². The van der Waals surface area contributed by atoms with E-state index in [0.29, 0.717) is 23.7 Å². The summed E-state index contributed by atoms with van der Waals surface area (Å²) in [5.74, 6) is 1.19. The Morgan fingerprint density at radius 3 is 2.60 bits per heavy atom. The fourth-order valence-electron chi connectivity index (χ4n) is 6.39. The highest BCUT2D eigenvalue weighted by Gasteiger charge is 2.33. The zero-order valence-electron chi connectivity index (χ0n) is 25.9. The normalized spacial score (nSPS) is 22.8. The molecule has 3 aliphatic rings. The number of carboxylic acid groups (broad SMARTS) is 1. The Morgan fingerprint density at radius 1 is 1.07 bits per heavy atom. The number of rotatable bonds is 2. The molecule has 7 rings (SSSR count). The summed E-state index contributed by atoms with van der Waals surface area (Å²) >= 11 is 0. The number of benzene rings is 2. The van der Waals surface area contributed by atoms with Crippen LogP contribution >= 0.6 is 0 Å². The Balaban J connectivity index is 1.50. The Kier molecular flexibility index (Phi) is 7.90. The fourth-order valence-corrected chi connectivity index (χ4v) is 6.39. The summed E-state index contributed by atoms with van der Waals surface area (Å²) < 4.78 is 15.0. The Labute approximate surface area is 253 Å². The number of carbonyl (C=O) groups is 1. The number of aryl methyl sites for hydroxylation is 2. The molecule has 0 spiro atoms. The second kappa shape index (κ2) is 11.6. The minimum Gasteiger partial charge on any atom is -0.490 e. The lowest BCUT2D eigenvalue weighted by atomic mass is 9.92. The summed E-state index contributed by atoms with van der Waals surface area (Å²) in [5, 5.41) is 14.9. The molecule has 0 radical (unpaired) electrons. The SMILES string of the molecule is Cc1ccc2c(c1)-c1cccc(c1)-c1cc3nc(C)c(CC(=O)O)c(n3n1)N1CCC(C)(CC1)OCCCC(C)C(C)O2. The van der Waals surface area contributed by atoms with Crippen LogP contribution in [0, 0.1) is 19.8 Å². The zero-order valence-corrected chi connectivity index (χ0v) is 25.9. The van der Waals surface area contributed by atoms with E-state index in [9.17, 15) is 9.90 Å². The van der Waals surface area contributed by atoms with Crippen molar-refractivity contribution in [3.8, 4) is 28.1 Å². The van der Waals surface area contributed by atoms with Crippen molar-refractivity contribution in [1.82, 2.24) is 14.6 Å². The van der Waals surface area contributed by atoms with Gasteiger partial charge in [-0.15, -0.1) is 0 Å². The molecule has 0 saturated carbocycles. The molecule has 6 bridgehead atoms. The van der Waals surface area contributed by atoms with Gasteiger partial charge in [0.25, 0.3) is 0 Å². The molecule has 0 aliphatic carbocycles. The third kappa shape index (κ3) is 5.98. The topological polar surface area (TPSA) is 89.2 Å². The van der Waals surface area contributed by atoms with Crippen LogP contribution in [-0.2, 0) is 16.0 Å². The highest BCUT2D eigenvalue weighted by atomic mass is 16.5. The Hall–Kier alpha value is -3.91. The monoisotopic (exact) mass is 582 g/mol. The maximum absolute atomic E-state index is 12.0. The van der Waals surface area contributed by atoms with Gasteiger partial charge in [0.1, 0.15) is 11.6 Å². The molecule has 8 heteroatoms. The molecule has 8 nitrogen and oxygen atoms in total. The number of hydrogen-bond donors (Lipinski definition) is 1. The predicted molar refractivity (Wildman–Crippen MR) is 169 cm³/mol. The van der Waals surface area contributed by atoms with Crippen LogP contribution in [-0.4, -0.2) is 57.1 Å². The van der Waals surface area contributed by atoms with Crippen LogP contribution in [0.3, 0.4) is 0 Å². The van der Waals surface area contributed by atoms with Gasteiger partial charge in [-0.25, -0.2) is 4.98 Å². The highest BCUT2D eigenvalue weighted by molar-refractivity contribution is 5.78. The average Bonchev–Trinajstić information content (AvgIpc) is 3.40. The third-order valence-electron chi connectivity index (χ3n) is 9.30. The summed E-state index contributed by atoms with van der Waals surface area (Å²) in [7, 11) is 0. The lowest BCUT2D eigenvalue weighted by Crippen LogP contribution is -2.45. The summed E-state index contributed by atoms with van der Waals surface area (Å²) in [6.45, 7) is 12.8. The molecule has 2 atom stereocenters. The van der Waals surface area contributed by atoms with Gasteiger partial charge in [0.15, 0.2) is 5.65 Å². The van der Waals surface area contributed by atoms with Crippen LogP contribution in [0.25, 0.3) is 28.0 Å². The fraction of sp³-hybridized carbons (Fsp3) is 0.457. The first-order chi connectivity index (χ1) is 20.6. The van der Waals surface area contributed by atoms with Crippen molar-refractivity contribution in [1.29, 1.82) is 0 Å². The minimum absolute atomic E-state index is 0.0558. The van der Waals surface area contributed by atoms with Crippen molar-refractivity contribution in [2.24, 2.45) is 5.92 Å². The van der Waals surface area contributed by atoms with Gasteiger partial charge < -0.3 is 19.5 Å². The summed E-state index contributed by atoms with van der Waals surface area (Å²) in [5.41, 5.74) is 6.95. The second-order valence-electron chi connectivity index (χ2n) is 12.7. The van der Waals surface area contributed by atoms with Crippen LogP contribution in [0.5, 0.6) is 5.75 Å². The number of aliphatic carboxylic acids is 1. The number of piperidine rings is 1. The average molecular weight is 583 g/mol. The number of anilines is 1. The molecule has 0 amide bonds. The van der Waals surface area contributed by atoms with Crippen LogP contribution in [0.1, 0.15) is 63.3 Å². The minimum atomic E-state index is -0.878. The molecule has 4 aromatic rings. The summed E-state index contributed by atoms with van der Waals surface area (Å²) in [6, 6.07) is 16.7. The predicted octanol–water partition coefficient (Wildman–Crippen LogP) is 6.88. The molecular formula is C35H42N4O4. The van der Waals surface area contributed by atoms with Crippen LogP contribution in [0.4, 0.5) is 5.82 Å². The summed E-state index contributed by atoms with van der Waals surface area (Å²) in [4.78, 5) is 19.1. The quantitative estimate of drug-likeness (QED) is 0.276. The molecule has 1 N–H and O–H groups in total. The van der Waals surface area contributed by atoms with Crippen molar-refractivity contribution in [2.75, 3.05) is 24.6 Å². The molecular weight excluding hydrogens is 540 g/mol. The molecule has 3 aliphatic heterocycles. The number of aromatic nitrogens is 3. The van der Waals surface area contributed by atoms with Gasteiger partial charge in [-0.2, -0.15) is 9.61 Å². The van der Waals surface area contributed by atoms with Gasteiger partial charge >= 0.3 is 5.97 Å². The van der Waals surface area contributed by atoms with E-state index in [1.165, 1.54) is 5.56 Å². The molecule has 2 aromatic heterocycles. The standard InChI is InChI=1S/C35H42N4O4/c1-22-11-12-31-29(18-22)26-9-6-10-27(19-26)30-21-32-36-24(3)28(20-33(40)41)34(39(32)37-30)38-15-13-35(5,14-16-38)42-17-7-8-23(2)25(4)43-31/h6,9-12,18-19,21,23,25H,7-8,13-17,20H2,1-5H3,(H,40,41). The molecule has 2 unspecified atom stereocenters. The van der Waals surface area contributed by atoms with E-state index in [-0.39, 0.29) is 18.1 Å². The largest absolute Gasteiger partial charge is 0.490 e. The van der Waals surface area contributed by atoms with Crippen molar-refractivity contribution >= 4 is 17.4 Å². The number of hydrogen-bond acceptors (Lipinski definition) is 6. The van der Waals surface area contributed by atoms with Gasteiger partial charge in [-0.05, 0) is 83.1 Å². The van der Waals surface area contributed by atoms with E-state index >= 15 is 0 Å². The maximum Gasteiger partial charge on any atom is 0.308 e. The molecule has 5 heterocycles. The molecule has 226 valence electrons. The lowest BCUT2D eigenvalue weighted by Gasteiger charge is -2.41. The van der Waals surface area contributed by atoms with E-state index in [0.717, 1.165) is 78.4 Å². The van der Waals surface area contributed by atoms with Gasteiger partial charge in [-0.3, -0.25) is 4.79 Å². The summed E-state index contributed by atoms with van der Waals surface area (Å²) in [6.07, 6.45) is 3.65. The van der Waals surface area contributed by atoms with Gasteiger partial charge in [0, 0.05) is 48.1 Å². The van der Waals surface area contributed by atoms with E-state index in [4.69, 9.17) is 19.6 Å². The number of carboxylic acids is 1. The molecule has 2 aromatic carbocycles. The number of ether oxygens (including phenoxy) is 2.